The first-order valence-corrected chi connectivity index (χ1v) is 8.55. The standard InChI is InChI=1S/C20H26N2O/c1-14-13-22(16(3)23)11-10-20(14)21-15(2)18-9-8-17-6-4-5-7-19(17)12-18/h4-9,12,14-15,20-21H,10-11,13H2,1-3H3. The molecule has 1 heterocycles. The van der Waals surface area contributed by atoms with Crippen LogP contribution < -0.4 is 5.32 Å². The Morgan fingerprint density at radius 1 is 1.22 bits per heavy atom. The fraction of sp³-hybridized carbons (Fsp3) is 0.450. The normalized spacial score (nSPS) is 23.0. The van der Waals surface area contributed by atoms with Crippen LogP contribution in [-0.2, 0) is 4.79 Å². The van der Waals surface area contributed by atoms with Gasteiger partial charge in [-0.3, -0.25) is 4.79 Å². The number of nitrogens with zero attached hydrogens (tertiary/aromatic N) is 1. The lowest BCUT2D eigenvalue weighted by molar-refractivity contribution is -0.130. The number of fused-ring (bicyclic) bond motifs is 1. The monoisotopic (exact) mass is 310 g/mol. The quantitative estimate of drug-likeness (QED) is 0.936. The summed E-state index contributed by atoms with van der Waals surface area (Å²) in [5.41, 5.74) is 1.32. The Hall–Kier alpha value is -1.87. The summed E-state index contributed by atoms with van der Waals surface area (Å²) in [6.07, 6.45) is 1.03. The second kappa shape index (κ2) is 6.71. The summed E-state index contributed by atoms with van der Waals surface area (Å²) in [5.74, 6) is 0.674. The third-order valence-corrected chi connectivity index (χ3v) is 5.09. The fourth-order valence-corrected chi connectivity index (χ4v) is 3.57. The van der Waals surface area contributed by atoms with Gasteiger partial charge in [-0.1, -0.05) is 43.3 Å². The van der Waals surface area contributed by atoms with Crippen LogP contribution in [0.2, 0.25) is 0 Å². The van der Waals surface area contributed by atoms with Crippen molar-refractivity contribution in [2.45, 2.75) is 39.3 Å². The van der Waals surface area contributed by atoms with E-state index in [1.165, 1.54) is 16.3 Å². The number of hydrogen-bond acceptors (Lipinski definition) is 2. The molecule has 2 aromatic rings. The van der Waals surface area contributed by atoms with Crippen LogP contribution in [0.15, 0.2) is 42.5 Å². The van der Waals surface area contributed by atoms with E-state index in [0.29, 0.717) is 18.0 Å². The van der Waals surface area contributed by atoms with Crippen molar-refractivity contribution in [2.24, 2.45) is 5.92 Å². The zero-order chi connectivity index (χ0) is 16.4. The molecule has 3 rings (SSSR count). The van der Waals surface area contributed by atoms with Crippen molar-refractivity contribution in [1.82, 2.24) is 10.2 Å². The van der Waals surface area contributed by atoms with Crippen molar-refractivity contribution in [1.29, 1.82) is 0 Å². The van der Waals surface area contributed by atoms with Crippen molar-refractivity contribution in [3.63, 3.8) is 0 Å². The van der Waals surface area contributed by atoms with Crippen LogP contribution in [0.5, 0.6) is 0 Å². The second-order valence-electron chi connectivity index (χ2n) is 6.83. The van der Waals surface area contributed by atoms with Gasteiger partial charge in [-0.15, -0.1) is 0 Å². The van der Waals surface area contributed by atoms with Crippen molar-refractivity contribution < 1.29 is 4.79 Å². The smallest absolute Gasteiger partial charge is 0.219 e. The van der Waals surface area contributed by atoms with E-state index >= 15 is 0 Å². The Balaban J connectivity index is 1.68. The average molecular weight is 310 g/mol. The van der Waals surface area contributed by atoms with Gasteiger partial charge in [0.1, 0.15) is 0 Å². The number of carbonyl (C=O) groups excluding carboxylic acids is 1. The van der Waals surface area contributed by atoms with Gasteiger partial charge in [-0.2, -0.15) is 0 Å². The Labute approximate surface area is 138 Å². The summed E-state index contributed by atoms with van der Waals surface area (Å²) in [4.78, 5) is 13.5. The predicted octanol–water partition coefficient (Wildman–Crippen LogP) is 3.75. The van der Waals surface area contributed by atoms with E-state index in [1.54, 1.807) is 6.92 Å². The molecule has 0 saturated carbocycles. The highest BCUT2D eigenvalue weighted by molar-refractivity contribution is 5.83. The molecule has 0 bridgehead atoms. The Bertz CT molecular complexity index is 697. The second-order valence-corrected chi connectivity index (χ2v) is 6.83. The van der Waals surface area contributed by atoms with Gasteiger partial charge in [-0.25, -0.2) is 0 Å². The molecule has 3 unspecified atom stereocenters. The zero-order valence-electron chi connectivity index (χ0n) is 14.3. The Kier molecular flexibility index (Phi) is 4.67. The first-order valence-electron chi connectivity index (χ1n) is 8.55. The maximum Gasteiger partial charge on any atom is 0.219 e. The van der Waals surface area contributed by atoms with Gasteiger partial charge < -0.3 is 10.2 Å². The summed E-state index contributed by atoms with van der Waals surface area (Å²) >= 11 is 0. The van der Waals surface area contributed by atoms with E-state index in [1.807, 2.05) is 4.90 Å². The van der Waals surface area contributed by atoms with Gasteiger partial charge in [0.15, 0.2) is 0 Å². The summed E-state index contributed by atoms with van der Waals surface area (Å²) < 4.78 is 0. The van der Waals surface area contributed by atoms with E-state index in [4.69, 9.17) is 0 Å². The number of rotatable bonds is 3. The molecule has 3 nitrogen and oxygen atoms in total. The molecule has 3 atom stereocenters. The third kappa shape index (κ3) is 3.56. The molecule has 122 valence electrons. The van der Waals surface area contributed by atoms with Crippen molar-refractivity contribution in [2.75, 3.05) is 13.1 Å². The van der Waals surface area contributed by atoms with Gasteiger partial charge >= 0.3 is 0 Å². The van der Waals surface area contributed by atoms with Crippen LogP contribution in [0.1, 0.15) is 38.8 Å². The van der Waals surface area contributed by atoms with Gasteiger partial charge in [0.2, 0.25) is 5.91 Å². The van der Waals surface area contributed by atoms with Gasteiger partial charge in [-0.05, 0) is 41.7 Å². The van der Waals surface area contributed by atoms with Crippen LogP contribution in [0, 0.1) is 5.92 Å². The molecule has 0 aromatic heterocycles. The van der Waals surface area contributed by atoms with E-state index in [0.717, 1.165) is 19.5 Å². The number of carbonyl (C=O) groups is 1. The average Bonchev–Trinajstić information content (AvgIpc) is 2.56. The number of amides is 1. The number of hydrogen-bond donors (Lipinski definition) is 1. The van der Waals surface area contributed by atoms with Gasteiger partial charge in [0, 0.05) is 32.1 Å². The molecule has 0 aliphatic carbocycles. The maximum absolute atomic E-state index is 11.5. The van der Waals surface area contributed by atoms with Crippen molar-refractivity contribution >= 4 is 16.7 Å². The lowest BCUT2D eigenvalue weighted by Gasteiger charge is -2.38. The first-order chi connectivity index (χ1) is 11.0. The van der Waals surface area contributed by atoms with E-state index in [2.05, 4.69) is 61.6 Å². The minimum Gasteiger partial charge on any atom is -0.343 e. The molecule has 1 aliphatic rings. The van der Waals surface area contributed by atoms with Crippen LogP contribution in [0.4, 0.5) is 0 Å². The number of nitrogens with one attached hydrogen (secondary N) is 1. The Morgan fingerprint density at radius 2 is 1.96 bits per heavy atom. The molecule has 1 aliphatic heterocycles. The van der Waals surface area contributed by atoms with Crippen molar-refractivity contribution in [3.8, 4) is 0 Å². The van der Waals surface area contributed by atoms with Crippen LogP contribution in [0.3, 0.4) is 0 Å². The number of piperidine rings is 1. The number of benzene rings is 2. The lowest BCUT2D eigenvalue weighted by atomic mass is 9.92. The minimum absolute atomic E-state index is 0.192. The molecule has 0 radical (unpaired) electrons. The molecule has 1 fully saturated rings. The minimum atomic E-state index is 0.192. The molecule has 0 spiro atoms. The third-order valence-electron chi connectivity index (χ3n) is 5.09. The molecule has 1 amide bonds. The topological polar surface area (TPSA) is 32.3 Å². The molecule has 23 heavy (non-hydrogen) atoms. The van der Waals surface area contributed by atoms with E-state index in [-0.39, 0.29) is 5.91 Å². The van der Waals surface area contributed by atoms with E-state index in [9.17, 15) is 4.79 Å². The molecule has 2 aromatic carbocycles. The summed E-state index contributed by atoms with van der Waals surface area (Å²) in [6.45, 7) is 7.85. The molecule has 1 N–H and O–H groups in total. The van der Waals surface area contributed by atoms with Gasteiger partial charge in [0.25, 0.3) is 0 Å². The Morgan fingerprint density at radius 3 is 2.65 bits per heavy atom. The summed E-state index contributed by atoms with van der Waals surface area (Å²) in [7, 11) is 0. The number of likely N-dealkylation sites (tertiary alicyclic amines) is 1. The summed E-state index contributed by atoms with van der Waals surface area (Å²) in [5, 5.41) is 6.34. The lowest BCUT2D eigenvalue weighted by Crippen LogP contribution is -2.50. The van der Waals surface area contributed by atoms with Gasteiger partial charge in [0.05, 0.1) is 0 Å². The highest BCUT2D eigenvalue weighted by atomic mass is 16.2. The maximum atomic E-state index is 11.5. The molecular weight excluding hydrogens is 284 g/mol. The van der Waals surface area contributed by atoms with Crippen LogP contribution >= 0.6 is 0 Å². The summed E-state index contributed by atoms with van der Waals surface area (Å²) in [6, 6.07) is 16.0. The van der Waals surface area contributed by atoms with E-state index < -0.39 is 0 Å². The molecular formula is C20H26N2O. The largest absolute Gasteiger partial charge is 0.343 e. The van der Waals surface area contributed by atoms with Crippen LogP contribution in [-0.4, -0.2) is 29.9 Å². The predicted molar refractivity (Wildman–Crippen MR) is 95.3 cm³/mol. The highest BCUT2D eigenvalue weighted by Gasteiger charge is 2.28. The molecule has 1 saturated heterocycles. The van der Waals surface area contributed by atoms with Crippen molar-refractivity contribution in [3.05, 3.63) is 48.0 Å². The highest BCUT2D eigenvalue weighted by Crippen LogP contribution is 2.24. The molecule has 3 heteroatoms. The SMILES string of the molecule is CC(=O)N1CCC(NC(C)c2ccc3ccccc3c2)C(C)C1. The van der Waals surface area contributed by atoms with Crippen LogP contribution in [0.25, 0.3) is 10.8 Å². The zero-order valence-corrected chi connectivity index (χ0v) is 14.3. The fourth-order valence-electron chi connectivity index (χ4n) is 3.57. The first kappa shape index (κ1) is 16.0.